The molecule has 0 spiro atoms. The summed E-state index contributed by atoms with van der Waals surface area (Å²) in [5.41, 5.74) is 0. The first-order valence-corrected chi connectivity index (χ1v) is 8.41. The molecule has 3 rings (SSSR count). The van der Waals surface area contributed by atoms with Crippen LogP contribution in [0, 0.1) is 5.92 Å². The van der Waals surface area contributed by atoms with Crippen LogP contribution < -0.4 is 5.32 Å². The maximum atomic E-state index is 12.4. The number of hydrogen-bond acceptors (Lipinski definition) is 3. The van der Waals surface area contributed by atoms with Crippen LogP contribution >= 0.6 is 0 Å². The summed E-state index contributed by atoms with van der Waals surface area (Å²) in [4.78, 5) is 0. The Hall–Kier alpha value is -0.130. The van der Waals surface area contributed by atoms with E-state index in [0.29, 0.717) is 5.92 Å². The van der Waals surface area contributed by atoms with E-state index in [9.17, 15) is 8.42 Å². The minimum Gasteiger partial charge on any atom is -0.316 e. The van der Waals surface area contributed by atoms with E-state index >= 15 is 0 Å². The fourth-order valence-electron chi connectivity index (χ4n) is 3.32. The summed E-state index contributed by atoms with van der Waals surface area (Å²) in [5.74, 6) is 0.541. The average molecular weight is 258 g/mol. The monoisotopic (exact) mass is 258 g/mol. The second-order valence-corrected chi connectivity index (χ2v) is 7.84. The highest BCUT2D eigenvalue weighted by Gasteiger charge is 2.46. The first-order valence-electron chi connectivity index (χ1n) is 6.91. The highest BCUT2D eigenvalue weighted by molar-refractivity contribution is 7.90. The molecule has 0 aromatic rings. The largest absolute Gasteiger partial charge is 0.316 e. The Morgan fingerprint density at radius 3 is 2.53 bits per heavy atom. The van der Waals surface area contributed by atoms with Crippen LogP contribution in [-0.2, 0) is 10.0 Å². The molecule has 98 valence electrons. The van der Waals surface area contributed by atoms with Gasteiger partial charge in [-0.25, -0.2) is 8.42 Å². The fraction of sp³-hybridized carbons (Fsp3) is 1.00. The van der Waals surface area contributed by atoms with Crippen molar-refractivity contribution in [2.75, 3.05) is 19.6 Å². The van der Waals surface area contributed by atoms with Crippen LogP contribution in [0.25, 0.3) is 0 Å². The molecule has 0 aromatic carbocycles. The number of piperidine rings is 1. The molecule has 0 aromatic heterocycles. The topological polar surface area (TPSA) is 49.4 Å². The quantitative estimate of drug-likeness (QED) is 0.820. The third-order valence-electron chi connectivity index (χ3n) is 4.40. The molecule has 2 atom stereocenters. The molecular formula is C12H22N2O2S. The van der Waals surface area contributed by atoms with Crippen molar-refractivity contribution in [1.82, 2.24) is 9.62 Å². The van der Waals surface area contributed by atoms with Gasteiger partial charge in [-0.2, -0.15) is 4.31 Å². The molecule has 1 N–H and O–H groups in total. The summed E-state index contributed by atoms with van der Waals surface area (Å²) in [5, 5.41) is 3.37. The van der Waals surface area contributed by atoms with Crippen molar-refractivity contribution in [2.24, 2.45) is 5.92 Å². The molecule has 0 bridgehead atoms. The summed E-state index contributed by atoms with van der Waals surface area (Å²) in [6.45, 7) is 2.86. The summed E-state index contributed by atoms with van der Waals surface area (Å²) in [7, 11) is -2.96. The van der Waals surface area contributed by atoms with Crippen molar-refractivity contribution in [3.63, 3.8) is 0 Å². The van der Waals surface area contributed by atoms with Gasteiger partial charge in [-0.15, -0.1) is 0 Å². The summed E-state index contributed by atoms with van der Waals surface area (Å²) in [6, 6.07) is 0.286. The van der Waals surface area contributed by atoms with Gasteiger partial charge in [-0.3, -0.25) is 0 Å². The summed E-state index contributed by atoms with van der Waals surface area (Å²) in [6.07, 6.45) is 6.27. The maximum Gasteiger partial charge on any atom is 0.217 e. The molecule has 5 heteroatoms. The molecule has 1 aliphatic carbocycles. The second kappa shape index (κ2) is 4.52. The lowest BCUT2D eigenvalue weighted by Crippen LogP contribution is -2.46. The molecule has 2 heterocycles. The molecule has 2 saturated heterocycles. The number of hydrogen-bond donors (Lipinski definition) is 1. The predicted molar refractivity (Wildman–Crippen MR) is 67.3 cm³/mol. The Bertz CT molecular complexity index is 372. The minimum absolute atomic E-state index is 0.0420. The molecular weight excluding hydrogens is 236 g/mol. The summed E-state index contributed by atoms with van der Waals surface area (Å²) < 4.78 is 26.6. The standard InChI is InChI=1S/C12H22N2O2S/c15-17(16,11-5-6-11)14-8-2-4-12(14)10-3-1-7-13-9-10/h10-13H,1-9H2. The van der Waals surface area contributed by atoms with Crippen molar-refractivity contribution in [3.05, 3.63) is 0 Å². The third kappa shape index (κ3) is 2.25. The van der Waals surface area contributed by atoms with E-state index in [0.717, 1.165) is 45.3 Å². The second-order valence-electron chi connectivity index (χ2n) is 5.67. The highest BCUT2D eigenvalue weighted by Crippen LogP contribution is 2.37. The maximum absolute atomic E-state index is 12.4. The highest BCUT2D eigenvalue weighted by atomic mass is 32.2. The van der Waals surface area contributed by atoms with Crippen LogP contribution in [0.5, 0.6) is 0 Å². The van der Waals surface area contributed by atoms with E-state index in [4.69, 9.17) is 0 Å². The molecule has 2 aliphatic heterocycles. The Balaban J connectivity index is 1.74. The van der Waals surface area contributed by atoms with E-state index < -0.39 is 10.0 Å². The van der Waals surface area contributed by atoms with Gasteiger partial charge in [0.05, 0.1) is 5.25 Å². The zero-order valence-electron chi connectivity index (χ0n) is 10.3. The minimum atomic E-state index is -2.96. The van der Waals surface area contributed by atoms with Gasteiger partial charge in [0.1, 0.15) is 0 Å². The van der Waals surface area contributed by atoms with Gasteiger partial charge < -0.3 is 5.32 Å². The molecule has 17 heavy (non-hydrogen) atoms. The molecule has 2 unspecified atom stereocenters. The van der Waals surface area contributed by atoms with Gasteiger partial charge in [0.2, 0.25) is 10.0 Å². The molecule has 4 nitrogen and oxygen atoms in total. The zero-order chi connectivity index (χ0) is 11.9. The number of sulfonamides is 1. The van der Waals surface area contributed by atoms with Crippen LogP contribution in [0.1, 0.15) is 38.5 Å². The first-order chi connectivity index (χ1) is 8.19. The lowest BCUT2D eigenvalue weighted by atomic mass is 9.91. The third-order valence-corrected chi connectivity index (χ3v) is 6.82. The van der Waals surface area contributed by atoms with E-state index in [1.165, 1.54) is 12.8 Å². The first kappa shape index (κ1) is 11.9. The Kier molecular flexibility index (Phi) is 3.17. The molecule has 0 amide bonds. The van der Waals surface area contributed by atoms with Crippen LogP contribution in [0.15, 0.2) is 0 Å². The number of rotatable bonds is 3. The van der Waals surface area contributed by atoms with Crippen LogP contribution in [-0.4, -0.2) is 43.6 Å². The Labute approximate surface area is 104 Å². The van der Waals surface area contributed by atoms with Crippen LogP contribution in [0.3, 0.4) is 0 Å². The van der Waals surface area contributed by atoms with Crippen molar-refractivity contribution in [1.29, 1.82) is 0 Å². The van der Waals surface area contributed by atoms with Crippen LogP contribution in [0.2, 0.25) is 0 Å². The normalized spacial score (nSPS) is 36.2. The van der Waals surface area contributed by atoms with Crippen molar-refractivity contribution in [2.45, 2.75) is 49.8 Å². The van der Waals surface area contributed by atoms with Gasteiger partial charge >= 0.3 is 0 Å². The summed E-state index contributed by atoms with van der Waals surface area (Å²) >= 11 is 0. The predicted octanol–water partition coefficient (Wildman–Crippen LogP) is 0.943. The molecule has 3 fully saturated rings. The van der Waals surface area contributed by atoms with Crippen molar-refractivity contribution in [3.8, 4) is 0 Å². The van der Waals surface area contributed by atoms with E-state index in [1.54, 1.807) is 0 Å². The van der Waals surface area contributed by atoms with Crippen molar-refractivity contribution >= 4 is 10.0 Å². The van der Waals surface area contributed by atoms with E-state index in [1.807, 2.05) is 4.31 Å². The number of nitrogens with one attached hydrogen (secondary N) is 1. The van der Waals surface area contributed by atoms with Crippen LogP contribution in [0.4, 0.5) is 0 Å². The smallest absolute Gasteiger partial charge is 0.217 e. The Morgan fingerprint density at radius 1 is 1.06 bits per heavy atom. The van der Waals surface area contributed by atoms with Gasteiger partial charge in [-0.05, 0) is 57.5 Å². The molecule has 1 saturated carbocycles. The lowest BCUT2D eigenvalue weighted by molar-refractivity contribution is 0.239. The molecule has 0 radical (unpaired) electrons. The van der Waals surface area contributed by atoms with Gasteiger partial charge in [0, 0.05) is 12.6 Å². The van der Waals surface area contributed by atoms with Gasteiger partial charge in [-0.1, -0.05) is 0 Å². The number of nitrogens with zero attached hydrogens (tertiary/aromatic N) is 1. The Morgan fingerprint density at radius 2 is 1.88 bits per heavy atom. The van der Waals surface area contributed by atoms with E-state index in [-0.39, 0.29) is 11.3 Å². The lowest BCUT2D eigenvalue weighted by Gasteiger charge is -2.33. The zero-order valence-corrected chi connectivity index (χ0v) is 11.1. The average Bonchev–Trinajstić information content (AvgIpc) is 3.08. The van der Waals surface area contributed by atoms with Gasteiger partial charge in [0.25, 0.3) is 0 Å². The van der Waals surface area contributed by atoms with Crippen molar-refractivity contribution < 1.29 is 8.42 Å². The van der Waals surface area contributed by atoms with E-state index in [2.05, 4.69) is 5.32 Å². The van der Waals surface area contributed by atoms with Gasteiger partial charge in [0.15, 0.2) is 0 Å². The molecule has 3 aliphatic rings. The fourth-order valence-corrected chi connectivity index (χ4v) is 5.47. The SMILES string of the molecule is O=S(=O)(C1CC1)N1CCCC1C1CCCNC1.